The lowest BCUT2D eigenvalue weighted by molar-refractivity contribution is 0.102. The second-order valence-corrected chi connectivity index (χ2v) is 6.34. The Bertz CT molecular complexity index is 1180. The zero-order chi connectivity index (χ0) is 19.7. The van der Waals surface area contributed by atoms with Gasteiger partial charge >= 0.3 is 0 Å². The summed E-state index contributed by atoms with van der Waals surface area (Å²) in [6.45, 7) is 1.81. The van der Waals surface area contributed by atoms with Crippen LogP contribution in [0.4, 0.5) is 5.69 Å². The van der Waals surface area contributed by atoms with Gasteiger partial charge in [0.15, 0.2) is 5.82 Å². The number of ether oxygens (including phenoxy) is 1. The van der Waals surface area contributed by atoms with E-state index in [0.29, 0.717) is 22.8 Å². The average molecular weight is 374 g/mol. The van der Waals surface area contributed by atoms with Crippen molar-refractivity contribution >= 4 is 22.5 Å². The molecular weight excluding hydrogens is 356 g/mol. The third kappa shape index (κ3) is 3.27. The number of nitrogens with one attached hydrogen (secondary N) is 1. The van der Waals surface area contributed by atoms with E-state index in [1.54, 1.807) is 18.8 Å². The van der Waals surface area contributed by atoms with Gasteiger partial charge in [-0.15, -0.1) is 5.10 Å². The average Bonchev–Trinajstić information content (AvgIpc) is 3.13. The van der Waals surface area contributed by atoms with E-state index < -0.39 is 0 Å². The van der Waals surface area contributed by atoms with Gasteiger partial charge < -0.3 is 10.1 Å². The first kappa shape index (κ1) is 17.6. The van der Waals surface area contributed by atoms with Crippen LogP contribution in [0.25, 0.3) is 22.3 Å². The SMILES string of the molecule is COc1ccc2cc(C(=O)Nc3cccc(-c4nnnn4C)c3)c(C)nc2c1. The highest BCUT2D eigenvalue weighted by atomic mass is 16.5. The number of aryl methyl sites for hydroxylation is 2. The Labute approximate surface area is 161 Å². The van der Waals surface area contributed by atoms with Gasteiger partial charge in [-0.25, -0.2) is 4.68 Å². The first-order chi connectivity index (χ1) is 13.5. The van der Waals surface area contributed by atoms with Gasteiger partial charge in [0.25, 0.3) is 5.91 Å². The number of carbonyl (C=O) groups excluding carboxylic acids is 1. The quantitative estimate of drug-likeness (QED) is 0.590. The second kappa shape index (κ2) is 7.07. The molecule has 0 saturated carbocycles. The Morgan fingerprint density at radius 1 is 1.14 bits per heavy atom. The number of fused-ring (bicyclic) bond motifs is 1. The fourth-order valence-electron chi connectivity index (χ4n) is 3.01. The number of benzene rings is 2. The van der Waals surface area contributed by atoms with E-state index in [1.807, 2.05) is 55.5 Å². The number of amides is 1. The number of carbonyl (C=O) groups is 1. The zero-order valence-electron chi connectivity index (χ0n) is 15.7. The van der Waals surface area contributed by atoms with Gasteiger partial charge in [0.1, 0.15) is 5.75 Å². The Morgan fingerprint density at radius 2 is 2.00 bits per heavy atom. The molecule has 2 aromatic heterocycles. The van der Waals surface area contributed by atoms with Crippen LogP contribution in [0.2, 0.25) is 0 Å². The molecular formula is C20H18N6O2. The molecule has 2 aromatic carbocycles. The van der Waals surface area contributed by atoms with Crippen LogP contribution in [0.1, 0.15) is 16.1 Å². The largest absolute Gasteiger partial charge is 0.497 e. The summed E-state index contributed by atoms with van der Waals surface area (Å²) in [7, 11) is 3.38. The third-order valence-electron chi connectivity index (χ3n) is 4.46. The molecule has 0 saturated heterocycles. The van der Waals surface area contributed by atoms with E-state index in [9.17, 15) is 4.79 Å². The van der Waals surface area contributed by atoms with Crippen LogP contribution < -0.4 is 10.1 Å². The monoisotopic (exact) mass is 374 g/mol. The number of rotatable bonds is 4. The van der Waals surface area contributed by atoms with Crippen molar-refractivity contribution in [2.24, 2.45) is 7.05 Å². The van der Waals surface area contributed by atoms with E-state index in [2.05, 4.69) is 25.8 Å². The molecule has 0 aliphatic heterocycles. The lowest BCUT2D eigenvalue weighted by Gasteiger charge is -2.10. The lowest BCUT2D eigenvalue weighted by atomic mass is 10.1. The minimum absolute atomic E-state index is 0.226. The maximum atomic E-state index is 12.8. The van der Waals surface area contributed by atoms with Crippen molar-refractivity contribution in [2.75, 3.05) is 12.4 Å². The third-order valence-corrected chi connectivity index (χ3v) is 4.46. The van der Waals surface area contributed by atoms with Crippen LogP contribution in [0, 0.1) is 6.92 Å². The summed E-state index contributed by atoms with van der Waals surface area (Å²) >= 11 is 0. The molecule has 2 heterocycles. The van der Waals surface area contributed by atoms with Crippen LogP contribution in [0.15, 0.2) is 48.5 Å². The van der Waals surface area contributed by atoms with Gasteiger partial charge in [-0.1, -0.05) is 12.1 Å². The van der Waals surface area contributed by atoms with E-state index >= 15 is 0 Å². The van der Waals surface area contributed by atoms with Crippen LogP contribution >= 0.6 is 0 Å². The second-order valence-electron chi connectivity index (χ2n) is 6.34. The van der Waals surface area contributed by atoms with Crippen molar-refractivity contribution in [2.45, 2.75) is 6.92 Å². The lowest BCUT2D eigenvalue weighted by Crippen LogP contribution is -2.14. The molecule has 1 N–H and O–H groups in total. The minimum Gasteiger partial charge on any atom is -0.497 e. The number of anilines is 1. The van der Waals surface area contributed by atoms with E-state index in [1.165, 1.54) is 0 Å². The standard InChI is InChI=1S/C20H18N6O2/c1-12-17(10-13-7-8-16(28-3)11-18(13)21-12)20(27)22-15-6-4-5-14(9-15)19-23-24-25-26(19)2/h4-11H,1-3H3,(H,22,27). The summed E-state index contributed by atoms with van der Waals surface area (Å²) in [4.78, 5) is 17.4. The fraction of sp³-hybridized carbons (Fsp3) is 0.150. The van der Waals surface area contributed by atoms with Gasteiger partial charge in [0.2, 0.25) is 0 Å². The maximum Gasteiger partial charge on any atom is 0.257 e. The Hall–Kier alpha value is -3.81. The van der Waals surface area contributed by atoms with Crippen LogP contribution in [0.3, 0.4) is 0 Å². The predicted octanol–water partition coefficient (Wildman–Crippen LogP) is 2.99. The summed E-state index contributed by atoms with van der Waals surface area (Å²) in [5.41, 5.74) is 3.41. The van der Waals surface area contributed by atoms with Crippen LogP contribution in [-0.2, 0) is 7.05 Å². The van der Waals surface area contributed by atoms with Crippen molar-refractivity contribution < 1.29 is 9.53 Å². The van der Waals surface area contributed by atoms with Crippen molar-refractivity contribution in [3.63, 3.8) is 0 Å². The predicted molar refractivity (Wildman–Crippen MR) is 105 cm³/mol. The molecule has 1 amide bonds. The fourth-order valence-corrected chi connectivity index (χ4v) is 3.01. The van der Waals surface area contributed by atoms with Crippen molar-refractivity contribution in [3.05, 3.63) is 59.8 Å². The first-order valence-electron chi connectivity index (χ1n) is 8.64. The number of hydrogen-bond donors (Lipinski definition) is 1. The zero-order valence-corrected chi connectivity index (χ0v) is 15.7. The molecule has 0 aliphatic carbocycles. The molecule has 8 heteroatoms. The van der Waals surface area contributed by atoms with Crippen LogP contribution in [0.5, 0.6) is 5.75 Å². The van der Waals surface area contributed by atoms with Gasteiger partial charge in [0, 0.05) is 29.8 Å². The number of aromatic nitrogens is 5. The normalized spacial score (nSPS) is 10.8. The molecule has 0 atom stereocenters. The molecule has 28 heavy (non-hydrogen) atoms. The molecule has 8 nitrogen and oxygen atoms in total. The molecule has 0 fully saturated rings. The maximum absolute atomic E-state index is 12.8. The van der Waals surface area contributed by atoms with E-state index in [4.69, 9.17) is 4.74 Å². The highest BCUT2D eigenvalue weighted by Gasteiger charge is 2.14. The van der Waals surface area contributed by atoms with Crippen molar-refractivity contribution in [3.8, 4) is 17.1 Å². The van der Waals surface area contributed by atoms with Crippen molar-refractivity contribution in [1.82, 2.24) is 25.2 Å². The molecule has 0 aliphatic rings. The minimum atomic E-state index is -0.226. The number of tetrazole rings is 1. The molecule has 4 aromatic rings. The number of methoxy groups -OCH3 is 1. The summed E-state index contributed by atoms with van der Waals surface area (Å²) < 4.78 is 6.81. The topological polar surface area (TPSA) is 94.8 Å². The van der Waals surface area contributed by atoms with Gasteiger partial charge in [-0.3, -0.25) is 9.78 Å². The summed E-state index contributed by atoms with van der Waals surface area (Å²) in [6.07, 6.45) is 0. The van der Waals surface area contributed by atoms with Crippen molar-refractivity contribution in [1.29, 1.82) is 0 Å². The van der Waals surface area contributed by atoms with Gasteiger partial charge in [-0.2, -0.15) is 0 Å². The first-order valence-corrected chi connectivity index (χ1v) is 8.64. The summed E-state index contributed by atoms with van der Waals surface area (Å²) in [6, 6.07) is 14.8. The summed E-state index contributed by atoms with van der Waals surface area (Å²) in [5, 5.41) is 15.3. The van der Waals surface area contributed by atoms with Crippen LogP contribution in [-0.4, -0.2) is 38.2 Å². The Morgan fingerprint density at radius 3 is 2.75 bits per heavy atom. The molecule has 140 valence electrons. The smallest absolute Gasteiger partial charge is 0.257 e. The molecule has 0 bridgehead atoms. The highest BCUT2D eigenvalue weighted by Crippen LogP contribution is 2.23. The number of pyridine rings is 1. The number of hydrogen-bond acceptors (Lipinski definition) is 6. The van der Waals surface area contributed by atoms with E-state index in [0.717, 1.165) is 22.2 Å². The molecule has 0 radical (unpaired) electrons. The molecule has 4 rings (SSSR count). The summed E-state index contributed by atoms with van der Waals surface area (Å²) in [5.74, 6) is 1.12. The van der Waals surface area contributed by atoms with E-state index in [-0.39, 0.29) is 5.91 Å². The van der Waals surface area contributed by atoms with Gasteiger partial charge in [0.05, 0.1) is 23.9 Å². The highest BCUT2D eigenvalue weighted by molar-refractivity contribution is 6.07. The number of nitrogens with zero attached hydrogens (tertiary/aromatic N) is 5. The Kier molecular flexibility index (Phi) is 4.44. The van der Waals surface area contributed by atoms with Gasteiger partial charge in [-0.05, 0) is 47.7 Å². The molecule has 0 spiro atoms. The Balaban J connectivity index is 1.63. The molecule has 0 unspecified atom stereocenters.